The summed E-state index contributed by atoms with van der Waals surface area (Å²) >= 11 is 1.50. The molecule has 2 aromatic carbocycles. The topological polar surface area (TPSA) is 93.4 Å². The molecular weight excluding hydrogens is 422 g/mol. The first-order valence-electron chi connectivity index (χ1n) is 10.7. The number of fused-ring (bicyclic) bond motifs is 3. The maximum absolute atomic E-state index is 12.9. The second-order valence-electron chi connectivity index (χ2n) is 8.34. The number of anilines is 2. The highest BCUT2D eigenvalue weighted by Crippen LogP contribution is 2.33. The summed E-state index contributed by atoms with van der Waals surface area (Å²) in [5.41, 5.74) is 7.65. The fourth-order valence-electron chi connectivity index (χ4n) is 3.95. The van der Waals surface area contributed by atoms with Gasteiger partial charge in [0.15, 0.2) is 0 Å². The molecule has 8 heteroatoms. The number of likely N-dealkylation sites (tertiary alicyclic amines) is 1. The van der Waals surface area contributed by atoms with E-state index in [4.69, 9.17) is 15.5 Å². The molecule has 1 aliphatic heterocycles. The van der Waals surface area contributed by atoms with Crippen molar-refractivity contribution in [2.24, 2.45) is 5.73 Å². The van der Waals surface area contributed by atoms with Crippen LogP contribution >= 0.6 is 11.3 Å². The van der Waals surface area contributed by atoms with E-state index in [1.165, 1.54) is 11.3 Å². The number of carbonyl (C=O) groups excluding carboxylic acids is 1. The van der Waals surface area contributed by atoms with Crippen LogP contribution in [0.2, 0.25) is 0 Å². The molecule has 1 unspecified atom stereocenters. The molecule has 1 saturated heterocycles. The average molecular weight is 448 g/mol. The van der Waals surface area contributed by atoms with Crippen molar-refractivity contribution in [3.05, 3.63) is 53.5 Å². The molecule has 1 amide bonds. The van der Waals surface area contributed by atoms with Crippen LogP contribution in [0.1, 0.15) is 29.9 Å². The zero-order chi connectivity index (χ0) is 22.2. The van der Waals surface area contributed by atoms with Crippen LogP contribution in [-0.2, 0) is 0 Å². The van der Waals surface area contributed by atoms with E-state index in [0.717, 1.165) is 38.8 Å². The van der Waals surface area contributed by atoms with E-state index in [1.807, 2.05) is 61.2 Å². The fourth-order valence-corrected chi connectivity index (χ4v) is 4.98. The van der Waals surface area contributed by atoms with Crippen LogP contribution in [0.25, 0.3) is 21.0 Å². The van der Waals surface area contributed by atoms with E-state index < -0.39 is 0 Å². The van der Waals surface area contributed by atoms with Gasteiger partial charge in [-0.25, -0.2) is 9.97 Å². The Morgan fingerprint density at radius 3 is 2.94 bits per heavy atom. The molecule has 0 spiro atoms. The molecule has 5 rings (SSSR count). The Hall–Kier alpha value is -3.23. The van der Waals surface area contributed by atoms with Crippen molar-refractivity contribution >= 4 is 49.9 Å². The molecule has 0 aliphatic carbocycles. The SMILES string of the molecule is CC(C)Oc1cccc(Nc2ncc3ccc4sc(C(=O)N5CCC(N)C5)cc4c3n2)c1. The van der Waals surface area contributed by atoms with Crippen molar-refractivity contribution in [2.45, 2.75) is 32.4 Å². The van der Waals surface area contributed by atoms with Gasteiger partial charge in [0.25, 0.3) is 5.91 Å². The van der Waals surface area contributed by atoms with Crippen molar-refractivity contribution in [3.63, 3.8) is 0 Å². The van der Waals surface area contributed by atoms with Gasteiger partial charge in [0.1, 0.15) is 5.75 Å². The lowest BCUT2D eigenvalue weighted by atomic mass is 10.2. The molecular formula is C24H25N5O2S. The number of aromatic nitrogens is 2. The third kappa shape index (κ3) is 4.11. The zero-order valence-electron chi connectivity index (χ0n) is 18.0. The predicted molar refractivity (Wildman–Crippen MR) is 129 cm³/mol. The quantitative estimate of drug-likeness (QED) is 0.466. The molecule has 0 bridgehead atoms. The molecule has 3 N–H and O–H groups in total. The summed E-state index contributed by atoms with van der Waals surface area (Å²) in [6.45, 7) is 5.32. The smallest absolute Gasteiger partial charge is 0.264 e. The number of amides is 1. The molecule has 2 aromatic heterocycles. The number of rotatable bonds is 5. The van der Waals surface area contributed by atoms with E-state index in [1.54, 1.807) is 6.20 Å². The van der Waals surface area contributed by atoms with Crippen molar-refractivity contribution < 1.29 is 9.53 Å². The molecule has 164 valence electrons. The molecule has 3 heterocycles. The number of benzene rings is 2. The van der Waals surface area contributed by atoms with Gasteiger partial charge < -0.3 is 20.7 Å². The van der Waals surface area contributed by atoms with Crippen molar-refractivity contribution in [3.8, 4) is 5.75 Å². The van der Waals surface area contributed by atoms with E-state index in [2.05, 4.69) is 10.3 Å². The van der Waals surface area contributed by atoms with E-state index in [9.17, 15) is 4.79 Å². The number of hydrogen-bond donors (Lipinski definition) is 2. The minimum atomic E-state index is 0.0432. The first kappa shape index (κ1) is 20.7. The average Bonchev–Trinajstić information content (AvgIpc) is 3.39. The van der Waals surface area contributed by atoms with Crippen LogP contribution in [0.4, 0.5) is 11.6 Å². The first-order chi connectivity index (χ1) is 15.5. The third-order valence-corrected chi connectivity index (χ3v) is 6.52. The van der Waals surface area contributed by atoms with Gasteiger partial charge in [0, 0.05) is 52.6 Å². The van der Waals surface area contributed by atoms with Gasteiger partial charge in [-0.15, -0.1) is 11.3 Å². The van der Waals surface area contributed by atoms with E-state index in [0.29, 0.717) is 23.9 Å². The van der Waals surface area contributed by atoms with Crippen LogP contribution < -0.4 is 15.8 Å². The van der Waals surface area contributed by atoms with Gasteiger partial charge in [-0.05, 0) is 50.6 Å². The monoisotopic (exact) mass is 447 g/mol. The number of nitrogens with one attached hydrogen (secondary N) is 1. The summed E-state index contributed by atoms with van der Waals surface area (Å²) in [6.07, 6.45) is 2.75. The largest absolute Gasteiger partial charge is 0.491 e. The Kier molecular flexibility index (Phi) is 5.40. The highest BCUT2D eigenvalue weighted by atomic mass is 32.1. The molecule has 32 heavy (non-hydrogen) atoms. The summed E-state index contributed by atoms with van der Waals surface area (Å²) in [6, 6.07) is 13.8. The fraction of sp³-hybridized carbons (Fsp3) is 0.292. The highest BCUT2D eigenvalue weighted by Gasteiger charge is 2.26. The maximum atomic E-state index is 12.9. The molecule has 1 fully saturated rings. The predicted octanol–water partition coefficient (Wildman–Crippen LogP) is 4.55. The number of ether oxygens (including phenoxy) is 1. The van der Waals surface area contributed by atoms with Crippen molar-refractivity contribution in [1.29, 1.82) is 0 Å². The molecule has 0 radical (unpaired) electrons. The second kappa shape index (κ2) is 8.37. The Morgan fingerprint density at radius 1 is 1.28 bits per heavy atom. The number of nitrogens with two attached hydrogens (primary N) is 1. The van der Waals surface area contributed by atoms with Gasteiger partial charge in [-0.2, -0.15) is 0 Å². The number of hydrogen-bond acceptors (Lipinski definition) is 7. The standard InChI is InChI=1S/C24H25N5O2S/c1-14(2)31-18-5-3-4-17(10-18)27-24-26-12-15-6-7-20-19(22(15)28-24)11-21(32-20)23(30)29-9-8-16(25)13-29/h3-7,10-12,14,16H,8-9,13,25H2,1-2H3,(H,26,27,28). The van der Waals surface area contributed by atoms with Crippen molar-refractivity contribution in [1.82, 2.24) is 14.9 Å². The summed E-state index contributed by atoms with van der Waals surface area (Å²) in [5, 5.41) is 5.16. The summed E-state index contributed by atoms with van der Waals surface area (Å²) < 4.78 is 6.80. The lowest BCUT2D eigenvalue weighted by Gasteiger charge is -2.13. The van der Waals surface area contributed by atoms with Crippen LogP contribution in [-0.4, -0.2) is 46.0 Å². The summed E-state index contributed by atoms with van der Waals surface area (Å²) in [4.78, 5) is 24.7. The molecule has 4 aromatic rings. The van der Waals surface area contributed by atoms with Crippen LogP contribution in [0.5, 0.6) is 5.75 Å². The maximum Gasteiger partial charge on any atom is 0.264 e. The Balaban J connectivity index is 1.47. The first-order valence-corrected chi connectivity index (χ1v) is 11.6. The highest BCUT2D eigenvalue weighted by molar-refractivity contribution is 7.21. The second-order valence-corrected chi connectivity index (χ2v) is 9.42. The van der Waals surface area contributed by atoms with Crippen LogP contribution in [0.15, 0.2) is 48.7 Å². The molecule has 7 nitrogen and oxygen atoms in total. The lowest BCUT2D eigenvalue weighted by molar-refractivity contribution is 0.0795. The van der Waals surface area contributed by atoms with Crippen LogP contribution in [0.3, 0.4) is 0 Å². The van der Waals surface area contributed by atoms with Gasteiger partial charge >= 0.3 is 0 Å². The number of thiophene rings is 1. The number of carbonyl (C=O) groups is 1. The minimum Gasteiger partial charge on any atom is -0.491 e. The third-order valence-electron chi connectivity index (χ3n) is 5.43. The van der Waals surface area contributed by atoms with Gasteiger partial charge in [-0.3, -0.25) is 4.79 Å². The van der Waals surface area contributed by atoms with Crippen molar-refractivity contribution in [2.75, 3.05) is 18.4 Å². The van der Waals surface area contributed by atoms with Gasteiger partial charge in [0.05, 0.1) is 16.5 Å². The number of nitrogens with zero attached hydrogens (tertiary/aromatic N) is 3. The minimum absolute atomic E-state index is 0.0432. The summed E-state index contributed by atoms with van der Waals surface area (Å²) in [7, 11) is 0. The van der Waals surface area contributed by atoms with E-state index in [-0.39, 0.29) is 18.1 Å². The Morgan fingerprint density at radius 2 is 2.16 bits per heavy atom. The Labute approximate surface area is 190 Å². The zero-order valence-corrected chi connectivity index (χ0v) is 18.9. The normalized spacial score (nSPS) is 16.2. The van der Waals surface area contributed by atoms with Gasteiger partial charge in [0.2, 0.25) is 5.95 Å². The molecule has 1 aliphatic rings. The molecule has 1 atom stereocenters. The molecule has 0 saturated carbocycles. The summed E-state index contributed by atoms with van der Waals surface area (Å²) in [5.74, 6) is 1.33. The van der Waals surface area contributed by atoms with E-state index >= 15 is 0 Å². The lowest BCUT2D eigenvalue weighted by Crippen LogP contribution is -2.31. The van der Waals surface area contributed by atoms with Gasteiger partial charge in [-0.1, -0.05) is 6.07 Å². The van der Waals surface area contributed by atoms with Crippen LogP contribution in [0, 0.1) is 0 Å². The Bertz CT molecular complexity index is 1300.